The molecule has 4 nitrogen and oxygen atoms in total. The Morgan fingerprint density at radius 1 is 1.37 bits per heavy atom. The lowest BCUT2D eigenvalue weighted by atomic mass is 9.96. The highest BCUT2D eigenvalue weighted by atomic mass is 32.2. The summed E-state index contributed by atoms with van der Waals surface area (Å²) in [4.78, 5) is 6.92. The van der Waals surface area contributed by atoms with Gasteiger partial charge < -0.3 is 9.42 Å². The predicted octanol–water partition coefficient (Wildman–Crippen LogP) is 2.95. The van der Waals surface area contributed by atoms with Crippen LogP contribution in [0, 0.1) is 12.8 Å². The van der Waals surface area contributed by atoms with Gasteiger partial charge in [0.1, 0.15) is 0 Å². The fourth-order valence-corrected chi connectivity index (χ4v) is 3.43. The van der Waals surface area contributed by atoms with Crippen molar-refractivity contribution >= 4 is 11.8 Å². The summed E-state index contributed by atoms with van der Waals surface area (Å²) < 4.78 is 5.07. The molecule has 0 aliphatic carbocycles. The van der Waals surface area contributed by atoms with Crippen molar-refractivity contribution in [1.82, 2.24) is 15.0 Å². The number of piperidine rings is 1. The van der Waals surface area contributed by atoms with E-state index in [0.717, 1.165) is 24.6 Å². The van der Waals surface area contributed by atoms with E-state index in [9.17, 15) is 0 Å². The fraction of sp³-hybridized carbons (Fsp3) is 0.857. The van der Waals surface area contributed by atoms with Crippen molar-refractivity contribution in [2.75, 3.05) is 31.1 Å². The standard InChI is InChI=1S/C14H25N3OS/c1-11(2)10-19-9-8-17-6-4-13(5-7-17)14-15-12(3)18-16-14/h11,13H,4-10H2,1-3H3. The molecule has 108 valence electrons. The van der Waals surface area contributed by atoms with Crippen LogP contribution in [0.25, 0.3) is 0 Å². The highest BCUT2D eigenvalue weighted by molar-refractivity contribution is 7.99. The number of hydrogen-bond donors (Lipinski definition) is 0. The topological polar surface area (TPSA) is 42.2 Å². The molecule has 0 amide bonds. The van der Waals surface area contributed by atoms with E-state index < -0.39 is 0 Å². The highest BCUT2D eigenvalue weighted by Gasteiger charge is 2.23. The van der Waals surface area contributed by atoms with Crippen molar-refractivity contribution < 1.29 is 4.52 Å². The first-order chi connectivity index (χ1) is 9.15. The smallest absolute Gasteiger partial charge is 0.223 e. The molecule has 2 rings (SSSR count). The first-order valence-corrected chi connectivity index (χ1v) is 8.41. The minimum absolute atomic E-state index is 0.497. The molecule has 2 heterocycles. The van der Waals surface area contributed by atoms with Crippen LogP contribution in [0.3, 0.4) is 0 Å². The van der Waals surface area contributed by atoms with Gasteiger partial charge in [-0.15, -0.1) is 0 Å². The number of nitrogens with zero attached hydrogens (tertiary/aromatic N) is 3. The average Bonchev–Trinajstić information content (AvgIpc) is 2.82. The van der Waals surface area contributed by atoms with Crippen LogP contribution in [0.2, 0.25) is 0 Å². The Morgan fingerprint density at radius 2 is 2.11 bits per heavy atom. The zero-order chi connectivity index (χ0) is 13.7. The van der Waals surface area contributed by atoms with Gasteiger partial charge in [-0.1, -0.05) is 19.0 Å². The molecule has 5 heteroatoms. The molecule has 1 aromatic rings. The van der Waals surface area contributed by atoms with Crippen LogP contribution in [0.1, 0.15) is 44.3 Å². The van der Waals surface area contributed by atoms with Crippen molar-refractivity contribution in [2.45, 2.75) is 39.5 Å². The lowest BCUT2D eigenvalue weighted by Crippen LogP contribution is -2.34. The van der Waals surface area contributed by atoms with Crippen LogP contribution in [-0.2, 0) is 0 Å². The summed E-state index contributed by atoms with van der Waals surface area (Å²) in [6.45, 7) is 9.98. The molecule has 1 aliphatic rings. The quantitative estimate of drug-likeness (QED) is 0.751. The van der Waals surface area contributed by atoms with Crippen molar-refractivity contribution in [3.05, 3.63) is 11.7 Å². The van der Waals surface area contributed by atoms with E-state index in [2.05, 4.69) is 40.6 Å². The Bertz CT molecular complexity index is 373. The maximum absolute atomic E-state index is 5.07. The molecule has 1 fully saturated rings. The Balaban J connectivity index is 1.65. The molecule has 0 radical (unpaired) electrons. The molecule has 1 aromatic heterocycles. The SMILES string of the molecule is Cc1nc(C2CCN(CCSCC(C)C)CC2)no1. The molecular weight excluding hydrogens is 258 g/mol. The summed E-state index contributed by atoms with van der Waals surface area (Å²) in [6, 6.07) is 0. The van der Waals surface area contributed by atoms with Gasteiger partial charge >= 0.3 is 0 Å². The van der Waals surface area contributed by atoms with Crippen molar-refractivity contribution in [1.29, 1.82) is 0 Å². The van der Waals surface area contributed by atoms with Gasteiger partial charge in [-0.2, -0.15) is 16.7 Å². The molecule has 0 N–H and O–H groups in total. The zero-order valence-electron chi connectivity index (χ0n) is 12.3. The molecule has 0 spiro atoms. The number of rotatable bonds is 6. The Hall–Kier alpha value is -0.550. The Labute approximate surface area is 120 Å². The minimum Gasteiger partial charge on any atom is -0.340 e. The van der Waals surface area contributed by atoms with E-state index in [1.165, 1.54) is 31.1 Å². The maximum atomic E-state index is 5.07. The zero-order valence-corrected chi connectivity index (χ0v) is 13.1. The van der Waals surface area contributed by atoms with E-state index in [1.807, 2.05) is 6.92 Å². The summed E-state index contributed by atoms with van der Waals surface area (Å²) in [7, 11) is 0. The summed E-state index contributed by atoms with van der Waals surface area (Å²) in [5.74, 6) is 5.42. The third-order valence-electron chi connectivity index (χ3n) is 3.50. The molecule has 19 heavy (non-hydrogen) atoms. The van der Waals surface area contributed by atoms with E-state index in [0.29, 0.717) is 11.8 Å². The number of thioether (sulfide) groups is 1. The number of hydrogen-bond acceptors (Lipinski definition) is 5. The molecule has 1 saturated heterocycles. The summed E-state index contributed by atoms with van der Waals surface area (Å²) in [6.07, 6.45) is 2.32. The second-order valence-corrected chi connectivity index (χ2v) is 6.91. The summed E-state index contributed by atoms with van der Waals surface area (Å²) >= 11 is 2.07. The fourth-order valence-electron chi connectivity index (χ4n) is 2.41. The van der Waals surface area contributed by atoms with E-state index in [4.69, 9.17) is 4.52 Å². The number of aryl methyl sites for hydroxylation is 1. The molecule has 0 bridgehead atoms. The van der Waals surface area contributed by atoms with Crippen LogP contribution < -0.4 is 0 Å². The predicted molar refractivity (Wildman–Crippen MR) is 79.6 cm³/mol. The van der Waals surface area contributed by atoms with Crippen molar-refractivity contribution in [3.8, 4) is 0 Å². The van der Waals surface area contributed by atoms with Gasteiger partial charge in [0.2, 0.25) is 5.89 Å². The van der Waals surface area contributed by atoms with Gasteiger partial charge in [-0.25, -0.2) is 0 Å². The lowest BCUT2D eigenvalue weighted by molar-refractivity contribution is 0.218. The van der Waals surface area contributed by atoms with Gasteiger partial charge in [0.25, 0.3) is 0 Å². The summed E-state index contributed by atoms with van der Waals surface area (Å²) in [5, 5.41) is 4.05. The van der Waals surface area contributed by atoms with E-state index >= 15 is 0 Å². The molecular formula is C14H25N3OS. The van der Waals surface area contributed by atoms with Gasteiger partial charge in [-0.05, 0) is 37.6 Å². The van der Waals surface area contributed by atoms with E-state index in [-0.39, 0.29) is 0 Å². The summed E-state index contributed by atoms with van der Waals surface area (Å²) in [5.41, 5.74) is 0. The molecule has 0 atom stereocenters. The normalized spacial score (nSPS) is 18.3. The second-order valence-electron chi connectivity index (χ2n) is 5.76. The first-order valence-electron chi connectivity index (χ1n) is 7.25. The Morgan fingerprint density at radius 3 is 2.68 bits per heavy atom. The monoisotopic (exact) mass is 283 g/mol. The average molecular weight is 283 g/mol. The second kappa shape index (κ2) is 7.29. The Kier molecular flexibility index (Phi) is 5.70. The van der Waals surface area contributed by atoms with Gasteiger partial charge in [0, 0.05) is 25.1 Å². The largest absolute Gasteiger partial charge is 0.340 e. The van der Waals surface area contributed by atoms with E-state index in [1.54, 1.807) is 0 Å². The van der Waals surface area contributed by atoms with Crippen LogP contribution in [0.15, 0.2) is 4.52 Å². The van der Waals surface area contributed by atoms with Gasteiger partial charge in [0.05, 0.1) is 0 Å². The van der Waals surface area contributed by atoms with Crippen molar-refractivity contribution in [2.24, 2.45) is 5.92 Å². The third kappa shape index (κ3) is 4.80. The van der Waals surface area contributed by atoms with Gasteiger partial charge in [-0.3, -0.25) is 0 Å². The van der Waals surface area contributed by atoms with Crippen LogP contribution in [-0.4, -0.2) is 46.2 Å². The van der Waals surface area contributed by atoms with Crippen molar-refractivity contribution in [3.63, 3.8) is 0 Å². The van der Waals surface area contributed by atoms with Crippen LogP contribution in [0.4, 0.5) is 0 Å². The third-order valence-corrected chi connectivity index (χ3v) is 4.87. The number of aromatic nitrogens is 2. The molecule has 1 aliphatic heterocycles. The highest BCUT2D eigenvalue weighted by Crippen LogP contribution is 2.25. The van der Waals surface area contributed by atoms with Gasteiger partial charge in [0.15, 0.2) is 5.82 Å². The maximum Gasteiger partial charge on any atom is 0.223 e. The number of likely N-dealkylation sites (tertiary alicyclic amines) is 1. The molecule has 0 unspecified atom stereocenters. The minimum atomic E-state index is 0.497. The molecule has 0 saturated carbocycles. The lowest BCUT2D eigenvalue weighted by Gasteiger charge is -2.30. The van der Waals surface area contributed by atoms with Crippen LogP contribution in [0.5, 0.6) is 0 Å². The molecule has 0 aromatic carbocycles. The first kappa shape index (κ1) is 14.9. The van der Waals surface area contributed by atoms with Crippen LogP contribution >= 0.6 is 11.8 Å².